The van der Waals surface area contributed by atoms with Crippen LogP contribution >= 0.6 is 0 Å². The summed E-state index contributed by atoms with van der Waals surface area (Å²) >= 11 is 0. The van der Waals surface area contributed by atoms with Gasteiger partial charge >= 0.3 is 0 Å². The average Bonchev–Trinajstić information content (AvgIpc) is 2.43. The molecule has 0 amide bonds. The smallest absolute Gasteiger partial charge is 0.0960 e. The zero-order chi connectivity index (χ0) is 9.26. The minimum atomic E-state index is 0.698. The second-order valence-corrected chi connectivity index (χ2v) is 4.41. The molecule has 1 saturated heterocycles. The third-order valence-electron chi connectivity index (χ3n) is 3.67. The van der Waals surface area contributed by atoms with Crippen LogP contribution in [0.2, 0.25) is 0 Å². The number of amidine groups is 1. The Balaban J connectivity index is 1.98. The molecular formula is C11H20N2. The highest BCUT2D eigenvalue weighted by Crippen LogP contribution is 2.35. The molecule has 1 aliphatic carbocycles. The van der Waals surface area contributed by atoms with E-state index in [1.807, 2.05) is 0 Å². The fourth-order valence-corrected chi connectivity index (χ4v) is 2.69. The maximum absolute atomic E-state index is 7.86. The largest absolute Gasteiger partial charge is 0.357 e. The molecule has 2 heteroatoms. The van der Waals surface area contributed by atoms with Gasteiger partial charge in [0.2, 0.25) is 0 Å². The molecule has 1 heterocycles. The summed E-state index contributed by atoms with van der Waals surface area (Å²) in [7, 11) is 0. The molecule has 2 fully saturated rings. The third-order valence-corrected chi connectivity index (χ3v) is 3.67. The van der Waals surface area contributed by atoms with Crippen LogP contribution in [0.1, 0.15) is 45.4 Å². The highest BCUT2D eigenvalue weighted by atomic mass is 15.2. The first-order chi connectivity index (χ1) is 6.33. The van der Waals surface area contributed by atoms with Gasteiger partial charge in [0.15, 0.2) is 0 Å². The molecule has 1 unspecified atom stereocenters. The van der Waals surface area contributed by atoms with Gasteiger partial charge in [0.1, 0.15) is 0 Å². The van der Waals surface area contributed by atoms with E-state index < -0.39 is 0 Å². The van der Waals surface area contributed by atoms with Crippen molar-refractivity contribution >= 4 is 5.84 Å². The van der Waals surface area contributed by atoms with Crippen LogP contribution in [0.25, 0.3) is 0 Å². The standard InChI is InChI=1S/C11H20N2/c1-2-10(9-5-3-6-9)13-8-4-7-11(13)12/h9-10,12H,2-8H2,1H3. The maximum Gasteiger partial charge on any atom is 0.0960 e. The summed E-state index contributed by atoms with van der Waals surface area (Å²) in [6.07, 6.45) is 7.69. The molecule has 1 atom stereocenters. The van der Waals surface area contributed by atoms with Crippen LogP contribution in [-0.4, -0.2) is 23.3 Å². The van der Waals surface area contributed by atoms with Gasteiger partial charge in [0.05, 0.1) is 5.84 Å². The Labute approximate surface area is 80.8 Å². The van der Waals surface area contributed by atoms with E-state index >= 15 is 0 Å². The Kier molecular flexibility index (Phi) is 2.56. The van der Waals surface area contributed by atoms with Crippen LogP contribution in [0.5, 0.6) is 0 Å². The predicted octanol–water partition coefficient (Wildman–Crippen LogP) is 2.64. The third kappa shape index (κ3) is 1.59. The van der Waals surface area contributed by atoms with Gasteiger partial charge in [0.25, 0.3) is 0 Å². The molecule has 2 rings (SSSR count). The lowest BCUT2D eigenvalue weighted by molar-refractivity contribution is 0.156. The van der Waals surface area contributed by atoms with Crippen molar-refractivity contribution in [1.82, 2.24) is 4.90 Å². The van der Waals surface area contributed by atoms with Crippen LogP contribution in [0.15, 0.2) is 0 Å². The second kappa shape index (κ2) is 3.69. The highest BCUT2D eigenvalue weighted by molar-refractivity contribution is 5.81. The SMILES string of the molecule is CCC(C1CCC1)N1CCCC1=N. The normalized spacial score (nSPS) is 26.2. The number of nitrogens with one attached hydrogen (secondary N) is 1. The van der Waals surface area contributed by atoms with E-state index in [0.717, 1.165) is 24.7 Å². The van der Waals surface area contributed by atoms with E-state index in [-0.39, 0.29) is 0 Å². The molecule has 13 heavy (non-hydrogen) atoms. The molecule has 0 aromatic carbocycles. The first-order valence-electron chi connectivity index (χ1n) is 5.67. The molecule has 1 saturated carbocycles. The monoisotopic (exact) mass is 180 g/mol. The molecule has 0 spiro atoms. The maximum atomic E-state index is 7.86. The van der Waals surface area contributed by atoms with Gasteiger partial charge in [-0.1, -0.05) is 13.3 Å². The van der Waals surface area contributed by atoms with Crippen molar-refractivity contribution in [2.45, 2.75) is 51.5 Å². The van der Waals surface area contributed by atoms with Gasteiger partial charge in [-0.25, -0.2) is 0 Å². The fraction of sp³-hybridized carbons (Fsp3) is 0.909. The minimum absolute atomic E-state index is 0.698. The summed E-state index contributed by atoms with van der Waals surface area (Å²) in [4.78, 5) is 2.36. The van der Waals surface area contributed by atoms with E-state index in [9.17, 15) is 0 Å². The quantitative estimate of drug-likeness (QED) is 0.710. The average molecular weight is 180 g/mol. The van der Waals surface area contributed by atoms with E-state index in [0.29, 0.717) is 6.04 Å². The summed E-state index contributed by atoms with van der Waals surface area (Å²) in [5.74, 6) is 1.81. The zero-order valence-electron chi connectivity index (χ0n) is 8.55. The summed E-state index contributed by atoms with van der Waals surface area (Å²) in [6.45, 7) is 3.42. The molecular weight excluding hydrogens is 160 g/mol. The van der Waals surface area contributed by atoms with Crippen molar-refractivity contribution in [2.75, 3.05) is 6.54 Å². The summed E-state index contributed by atoms with van der Waals surface area (Å²) in [5.41, 5.74) is 0. The van der Waals surface area contributed by atoms with Crippen molar-refractivity contribution in [3.63, 3.8) is 0 Å². The van der Waals surface area contributed by atoms with Crippen molar-refractivity contribution in [3.05, 3.63) is 0 Å². The van der Waals surface area contributed by atoms with E-state index in [1.165, 1.54) is 32.1 Å². The molecule has 74 valence electrons. The Morgan fingerprint density at radius 3 is 2.62 bits per heavy atom. The Morgan fingerprint density at radius 2 is 2.23 bits per heavy atom. The van der Waals surface area contributed by atoms with Crippen LogP contribution in [-0.2, 0) is 0 Å². The zero-order valence-corrected chi connectivity index (χ0v) is 8.55. The topological polar surface area (TPSA) is 27.1 Å². The van der Waals surface area contributed by atoms with E-state index in [1.54, 1.807) is 0 Å². The summed E-state index contributed by atoms with van der Waals surface area (Å²) in [5, 5.41) is 7.86. The predicted molar refractivity (Wildman–Crippen MR) is 55.1 cm³/mol. The van der Waals surface area contributed by atoms with Crippen molar-refractivity contribution in [1.29, 1.82) is 5.41 Å². The van der Waals surface area contributed by atoms with Crippen molar-refractivity contribution in [2.24, 2.45) is 5.92 Å². The van der Waals surface area contributed by atoms with Gasteiger partial charge in [0, 0.05) is 19.0 Å². The molecule has 1 N–H and O–H groups in total. The second-order valence-electron chi connectivity index (χ2n) is 4.41. The van der Waals surface area contributed by atoms with Crippen LogP contribution in [0.3, 0.4) is 0 Å². The minimum Gasteiger partial charge on any atom is -0.357 e. The van der Waals surface area contributed by atoms with Crippen molar-refractivity contribution in [3.8, 4) is 0 Å². The summed E-state index contributed by atoms with van der Waals surface area (Å²) in [6, 6.07) is 0.698. The lowest BCUT2D eigenvalue weighted by Crippen LogP contribution is -2.43. The van der Waals surface area contributed by atoms with Gasteiger partial charge in [-0.05, 0) is 31.6 Å². The lowest BCUT2D eigenvalue weighted by Gasteiger charge is -2.39. The van der Waals surface area contributed by atoms with E-state index in [2.05, 4.69) is 11.8 Å². The number of nitrogens with zero attached hydrogens (tertiary/aromatic N) is 1. The van der Waals surface area contributed by atoms with E-state index in [4.69, 9.17) is 5.41 Å². The molecule has 2 aliphatic rings. The highest BCUT2D eigenvalue weighted by Gasteiger charge is 2.33. The van der Waals surface area contributed by atoms with Crippen LogP contribution in [0, 0.1) is 11.3 Å². The first kappa shape index (κ1) is 9.04. The molecule has 0 aromatic rings. The fourth-order valence-electron chi connectivity index (χ4n) is 2.69. The number of likely N-dealkylation sites (tertiary alicyclic amines) is 1. The van der Waals surface area contributed by atoms with Gasteiger partial charge < -0.3 is 4.90 Å². The number of rotatable bonds is 3. The van der Waals surface area contributed by atoms with Gasteiger partial charge in [-0.15, -0.1) is 0 Å². The Bertz CT molecular complexity index is 196. The molecule has 0 aromatic heterocycles. The van der Waals surface area contributed by atoms with Gasteiger partial charge in [-0.3, -0.25) is 5.41 Å². The Hall–Kier alpha value is -0.530. The lowest BCUT2D eigenvalue weighted by atomic mass is 9.78. The van der Waals surface area contributed by atoms with Crippen LogP contribution in [0.4, 0.5) is 0 Å². The van der Waals surface area contributed by atoms with Crippen molar-refractivity contribution < 1.29 is 0 Å². The number of hydrogen-bond donors (Lipinski definition) is 1. The summed E-state index contributed by atoms with van der Waals surface area (Å²) < 4.78 is 0. The van der Waals surface area contributed by atoms with Gasteiger partial charge in [-0.2, -0.15) is 0 Å². The molecule has 0 radical (unpaired) electrons. The Morgan fingerprint density at radius 1 is 1.46 bits per heavy atom. The molecule has 2 nitrogen and oxygen atoms in total. The molecule has 1 aliphatic heterocycles. The first-order valence-corrected chi connectivity index (χ1v) is 5.67. The van der Waals surface area contributed by atoms with Crippen LogP contribution < -0.4 is 0 Å². The number of hydrogen-bond acceptors (Lipinski definition) is 1. The molecule has 0 bridgehead atoms.